The van der Waals surface area contributed by atoms with Crippen LogP contribution in [0.25, 0.3) is 0 Å². The SMILES string of the molecule is Nc1cc(S(N)(=O)=O)nc(C(F)F)c1Cl. The molecule has 1 heterocycles. The van der Waals surface area contributed by atoms with Crippen LogP contribution in [0, 0.1) is 0 Å². The first-order valence-corrected chi connectivity index (χ1v) is 5.42. The monoisotopic (exact) mass is 257 g/mol. The number of hydrogen-bond acceptors (Lipinski definition) is 4. The minimum Gasteiger partial charge on any atom is -0.397 e. The molecule has 0 aliphatic heterocycles. The van der Waals surface area contributed by atoms with Crippen LogP contribution in [0.4, 0.5) is 14.5 Å². The van der Waals surface area contributed by atoms with Crippen LogP contribution in [0.3, 0.4) is 0 Å². The fourth-order valence-electron chi connectivity index (χ4n) is 0.835. The average Bonchev–Trinajstić information content (AvgIpc) is 2.06. The van der Waals surface area contributed by atoms with E-state index in [1.807, 2.05) is 0 Å². The van der Waals surface area contributed by atoms with E-state index in [4.69, 9.17) is 22.5 Å². The highest BCUT2D eigenvalue weighted by Crippen LogP contribution is 2.30. The Labute approximate surface area is 89.1 Å². The third kappa shape index (κ3) is 2.52. The Morgan fingerprint density at radius 2 is 2.00 bits per heavy atom. The van der Waals surface area contributed by atoms with Crippen molar-refractivity contribution in [2.45, 2.75) is 11.5 Å². The molecule has 0 saturated carbocycles. The maximum absolute atomic E-state index is 12.3. The van der Waals surface area contributed by atoms with E-state index in [1.165, 1.54) is 0 Å². The first kappa shape index (κ1) is 12.1. The zero-order valence-electron chi connectivity index (χ0n) is 7.12. The molecule has 0 aromatic carbocycles. The highest BCUT2D eigenvalue weighted by atomic mass is 35.5. The van der Waals surface area contributed by atoms with Crippen LogP contribution < -0.4 is 10.9 Å². The molecule has 0 bridgehead atoms. The molecule has 4 N–H and O–H groups in total. The Kier molecular flexibility index (Phi) is 3.12. The Morgan fingerprint density at radius 1 is 1.47 bits per heavy atom. The first-order valence-electron chi connectivity index (χ1n) is 3.50. The van der Waals surface area contributed by atoms with Crippen LogP contribution in [0.15, 0.2) is 11.1 Å². The number of nitrogen functional groups attached to an aromatic ring is 1. The number of alkyl halides is 2. The molecule has 15 heavy (non-hydrogen) atoms. The second-order valence-electron chi connectivity index (χ2n) is 2.59. The largest absolute Gasteiger partial charge is 0.397 e. The van der Waals surface area contributed by atoms with Crippen molar-refractivity contribution >= 4 is 27.3 Å². The molecule has 0 radical (unpaired) electrons. The lowest BCUT2D eigenvalue weighted by atomic mass is 10.3. The molecule has 0 saturated heterocycles. The Morgan fingerprint density at radius 3 is 2.40 bits per heavy atom. The van der Waals surface area contributed by atoms with Gasteiger partial charge in [0.1, 0.15) is 5.69 Å². The lowest BCUT2D eigenvalue weighted by molar-refractivity contribution is 0.145. The summed E-state index contributed by atoms with van der Waals surface area (Å²) in [5.41, 5.74) is 4.01. The van der Waals surface area contributed by atoms with E-state index in [-0.39, 0.29) is 5.69 Å². The Bertz CT molecular complexity index is 491. The van der Waals surface area contributed by atoms with Gasteiger partial charge >= 0.3 is 0 Å². The summed E-state index contributed by atoms with van der Waals surface area (Å²) in [6.07, 6.45) is -3.03. The molecule has 0 atom stereocenters. The third-order valence-electron chi connectivity index (χ3n) is 1.49. The van der Waals surface area contributed by atoms with Gasteiger partial charge in [0, 0.05) is 6.07 Å². The summed E-state index contributed by atoms with van der Waals surface area (Å²) >= 11 is 5.41. The molecule has 0 aliphatic carbocycles. The predicted molar refractivity (Wildman–Crippen MR) is 50.0 cm³/mol. The molecule has 1 aromatic heterocycles. The van der Waals surface area contributed by atoms with E-state index in [2.05, 4.69) is 4.98 Å². The summed E-state index contributed by atoms with van der Waals surface area (Å²) in [6, 6.07) is 0.823. The van der Waals surface area contributed by atoms with Crippen molar-refractivity contribution in [3.05, 3.63) is 16.8 Å². The molecule has 5 nitrogen and oxygen atoms in total. The van der Waals surface area contributed by atoms with Gasteiger partial charge in [-0.3, -0.25) is 0 Å². The van der Waals surface area contributed by atoms with Gasteiger partial charge in [0.2, 0.25) is 0 Å². The second-order valence-corrected chi connectivity index (χ2v) is 4.48. The van der Waals surface area contributed by atoms with Crippen molar-refractivity contribution in [1.82, 2.24) is 4.98 Å². The normalized spacial score (nSPS) is 12.1. The molecular weight excluding hydrogens is 252 g/mol. The standard InChI is InChI=1S/C6H6ClF2N3O2S/c7-4-2(10)1-3(15(11,13)14)12-5(4)6(8)9/h1,6H,(H2,10,12)(H2,11,13,14). The third-order valence-corrected chi connectivity index (χ3v) is 2.69. The van der Waals surface area contributed by atoms with Crippen LogP contribution in [0.5, 0.6) is 0 Å². The van der Waals surface area contributed by atoms with E-state index in [1.54, 1.807) is 0 Å². The number of aromatic nitrogens is 1. The molecule has 9 heteroatoms. The van der Waals surface area contributed by atoms with Crippen molar-refractivity contribution in [2.75, 3.05) is 5.73 Å². The number of primary sulfonamides is 1. The zero-order chi connectivity index (χ0) is 11.8. The summed E-state index contributed by atoms with van der Waals surface area (Å²) in [5, 5.41) is 3.50. The van der Waals surface area contributed by atoms with Crippen LogP contribution in [0.2, 0.25) is 5.02 Å². The fraction of sp³-hybridized carbons (Fsp3) is 0.167. The number of halogens is 3. The average molecular weight is 258 g/mol. The van der Waals surface area contributed by atoms with Crippen LogP contribution >= 0.6 is 11.6 Å². The van der Waals surface area contributed by atoms with Gasteiger partial charge in [-0.05, 0) is 0 Å². The van der Waals surface area contributed by atoms with Gasteiger partial charge in [-0.2, -0.15) is 0 Å². The molecule has 0 aliphatic rings. The number of anilines is 1. The van der Waals surface area contributed by atoms with Crippen molar-refractivity contribution < 1.29 is 17.2 Å². The number of hydrogen-bond donors (Lipinski definition) is 2. The Hall–Kier alpha value is -0.990. The van der Waals surface area contributed by atoms with E-state index in [9.17, 15) is 17.2 Å². The van der Waals surface area contributed by atoms with E-state index < -0.39 is 32.2 Å². The lowest BCUT2D eigenvalue weighted by Gasteiger charge is -2.07. The first-order chi connectivity index (χ1) is 6.73. The molecule has 0 spiro atoms. The summed E-state index contributed by atoms with van der Waals surface area (Å²) in [5.74, 6) is 0. The van der Waals surface area contributed by atoms with Gasteiger partial charge in [0.05, 0.1) is 10.7 Å². The van der Waals surface area contributed by atoms with Gasteiger partial charge in [-0.25, -0.2) is 27.3 Å². The van der Waals surface area contributed by atoms with Gasteiger partial charge < -0.3 is 5.73 Å². The molecular formula is C6H6ClF2N3O2S. The van der Waals surface area contributed by atoms with Crippen LogP contribution in [-0.2, 0) is 10.0 Å². The number of sulfonamides is 1. The maximum Gasteiger partial charge on any atom is 0.281 e. The van der Waals surface area contributed by atoms with E-state index in [0.29, 0.717) is 0 Å². The van der Waals surface area contributed by atoms with Crippen molar-refractivity contribution in [3.63, 3.8) is 0 Å². The van der Waals surface area contributed by atoms with E-state index >= 15 is 0 Å². The van der Waals surface area contributed by atoms with Crippen molar-refractivity contribution in [1.29, 1.82) is 0 Å². The zero-order valence-corrected chi connectivity index (χ0v) is 8.69. The molecule has 84 valence electrons. The molecule has 0 unspecified atom stereocenters. The molecule has 1 aromatic rings. The number of pyridine rings is 1. The predicted octanol–water partition coefficient (Wildman–Crippen LogP) is 0.902. The summed E-state index contributed by atoms with van der Waals surface area (Å²) in [4.78, 5) is 3.13. The minimum atomic E-state index is -4.18. The summed E-state index contributed by atoms with van der Waals surface area (Å²) in [7, 11) is -4.18. The van der Waals surface area contributed by atoms with Crippen LogP contribution in [0.1, 0.15) is 12.1 Å². The highest BCUT2D eigenvalue weighted by molar-refractivity contribution is 7.89. The number of nitrogens with zero attached hydrogens (tertiary/aromatic N) is 1. The quantitative estimate of drug-likeness (QED) is 0.822. The van der Waals surface area contributed by atoms with Gasteiger partial charge in [-0.15, -0.1) is 0 Å². The van der Waals surface area contributed by atoms with Gasteiger partial charge in [0.15, 0.2) is 5.03 Å². The smallest absolute Gasteiger partial charge is 0.281 e. The second kappa shape index (κ2) is 3.87. The molecule has 0 amide bonds. The van der Waals surface area contributed by atoms with Gasteiger partial charge in [-0.1, -0.05) is 11.6 Å². The summed E-state index contributed by atoms with van der Waals surface area (Å²) < 4.78 is 46.4. The molecule has 1 rings (SSSR count). The van der Waals surface area contributed by atoms with Gasteiger partial charge in [0.25, 0.3) is 16.4 Å². The highest BCUT2D eigenvalue weighted by Gasteiger charge is 2.21. The van der Waals surface area contributed by atoms with Crippen molar-refractivity contribution in [2.24, 2.45) is 5.14 Å². The summed E-state index contributed by atoms with van der Waals surface area (Å²) in [6.45, 7) is 0. The minimum absolute atomic E-state index is 0.314. The Balaban J connectivity index is 3.50. The maximum atomic E-state index is 12.3. The molecule has 0 fully saturated rings. The topological polar surface area (TPSA) is 99.1 Å². The number of nitrogens with two attached hydrogens (primary N) is 2. The number of rotatable bonds is 2. The van der Waals surface area contributed by atoms with Crippen LogP contribution in [-0.4, -0.2) is 13.4 Å². The fourth-order valence-corrected chi connectivity index (χ4v) is 1.53. The lowest BCUT2D eigenvalue weighted by Crippen LogP contribution is -2.15. The van der Waals surface area contributed by atoms with E-state index in [0.717, 1.165) is 6.07 Å². The van der Waals surface area contributed by atoms with Crippen molar-refractivity contribution in [3.8, 4) is 0 Å².